The number of amides is 1. The number of aliphatic hydroxyl groups is 1. The number of hydrogen-bond acceptors (Lipinski definition) is 7. The molecule has 20 heavy (non-hydrogen) atoms. The second-order valence-corrected chi connectivity index (χ2v) is 7.73. The van der Waals surface area contributed by atoms with E-state index in [1.165, 1.54) is 6.92 Å². The van der Waals surface area contributed by atoms with Crippen molar-refractivity contribution in [3.05, 3.63) is 0 Å². The molecule has 0 spiro atoms. The topological polar surface area (TPSA) is 121 Å². The number of carbonyl (C=O) groups excluding carboxylic acids is 1. The second-order valence-electron chi connectivity index (χ2n) is 4.81. The minimum absolute atomic E-state index is 0.0373. The van der Waals surface area contributed by atoms with Crippen molar-refractivity contribution in [1.29, 1.82) is 0 Å². The van der Waals surface area contributed by atoms with Gasteiger partial charge in [0.1, 0.15) is 0 Å². The summed E-state index contributed by atoms with van der Waals surface area (Å²) >= 11 is 0.763. The SMILES string of the molecule is CC(=O)Nc1nnc(S(=O)(=O)NCC2(O)CCCC2)s1. The predicted octanol–water partition coefficient (Wildman–Crippen LogP) is 0.0799. The van der Waals surface area contributed by atoms with E-state index < -0.39 is 15.6 Å². The Morgan fingerprint density at radius 2 is 2.05 bits per heavy atom. The van der Waals surface area contributed by atoms with Crippen LogP contribution in [-0.2, 0) is 14.8 Å². The van der Waals surface area contributed by atoms with Gasteiger partial charge in [0.2, 0.25) is 15.4 Å². The van der Waals surface area contributed by atoms with E-state index in [0.717, 1.165) is 24.2 Å². The molecule has 1 aliphatic carbocycles. The Bertz CT molecular complexity index is 592. The number of sulfonamides is 1. The molecule has 1 saturated carbocycles. The van der Waals surface area contributed by atoms with Gasteiger partial charge in [-0.2, -0.15) is 0 Å². The second kappa shape index (κ2) is 5.72. The third-order valence-corrected chi connectivity index (χ3v) is 5.65. The van der Waals surface area contributed by atoms with Crippen LogP contribution in [0.5, 0.6) is 0 Å². The molecule has 1 fully saturated rings. The number of rotatable bonds is 5. The van der Waals surface area contributed by atoms with Crippen LogP contribution in [0.1, 0.15) is 32.6 Å². The van der Waals surface area contributed by atoms with Crippen molar-refractivity contribution in [2.24, 2.45) is 0 Å². The summed E-state index contributed by atoms with van der Waals surface area (Å²) in [7, 11) is -3.82. The van der Waals surface area contributed by atoms with Gasteiger partial charge in [0.05, 0.1) is 5.60 Å². The highest BCUT2D eigenvalue weighted by Crippen LogP contribution is 2.29. The number of aromatic nitrogens is 2. The zero-order valence-corrected chi connectivity index (χ0v) is 12.6. The molecule has 112 valence electrons. The average molecular weight is 320 g/mol. The normalized spacial score (nSPS) is 18.1. The summed E-state index contributed by atoms with van der Waals surface area (Å²) in [6.07, 6.45) is 2.96. The molecule has 1 aromatic rings. The highest BCUT2D eigenvalue weighted by molar-refractivity contribution is 7.91. The lowest BCUT2D eigenvalue weighted by Gasteiger charge is -2.21. The molecule has 0 aromatic carbocycles. The summed E-state index contributed by atoms with van der Waals surface area (Å²) in [5, 5.41) is 19.7. The Hall–Kier alpha value is -1.10. The fourth-order valence-corrected chi connectivity index (χ4v) is 4.13. The van der Waals surface area contributed by atoms with Gasteiger partial charge >= 0.3 is 0 Å². The maximum absolute atomic E-state index is 12.0. The van der Waals surface area contributed by atoms with Gasteiger partial charge in [0.15, 0.2) is 0 Å². The highest BCUT2D eigenvalue weighted by atomic mass is 32.2. The van der Waals surface area contributed by atoms with E-state index in [4.69, 9.17) is 0 Å². The first kappa shape index (κ1) is 15.3. The Balaban J connectivity index is 2.02. The van der Waals surface area contributed by atoms with Gasteiger partial charge in [-0.15, -0.1) is 10.2 Å². The standard InChI is InChI=1S/C10H16N4O4S2/c1-7(15)12-8-13-14-9(19-8)20(17,18)11-6-10(16)4-2-3-5-10/h11,16H,2-6H2,1H3,(H,12,13,15). The van der Waals surface area contributed by atoms with Gasteiger partial charge in [-0.25, -0.2) is 13.1 Å². The van der Waals surface area contributed by atoms with Crippen molar-refractivity contribution in [1.82, 2.24) is 14.9 Å². The average Bonchev–Trinajstić information content (AvgIpc) is 2.97. The Kier molecular flexibility index (Phi) is 4.37. The largest absolute Gasteiger partial charge is 0.389 e. The molecular weight excluding hydrogens is 304 g/mol. The van der Waals surface area contributed by atoms with E-state index in [9.17, 15) is 18.3 Å². The molecule has 1 aliphatic rings. The fraction of sp³-hybridized carbons (Fsp3) is 0.700. The van der Waals surface area contributed by atoms with Crippen molar-refractivity contribution < 1.29 is 18.3 Å². The molecule has 0 saturated heterocycles. The van der Waals surface area contributed by atoms with Gasteiger partial charge in [0, 0.05) is 13.5 Å². The summed E-state index contributed by atoms with van der Waals surface area (Å²) < 4.78 is 26.1. The van der Waals surface area contributed by atoms with Gasteiger partial charge < -0.3 is 10.4 Å². The van der Waals surface area contributed by atoms with E-state index in [1.807, 2.05) is 0 Å². The molecule has 2 rings (SSSR count). The van der Waals surface area contributed by atoms with Crippen LogP contribution < -0.4 is 10.0 Å². The molecule has 1 amide bonds. The molecule has 0 aliphatic heterocycles. The maximum Gasteiger partial charge on any atom is 0.269 e. The summed E-state index contributed by atoms with van der Waals surface area (Å²) in [6.45, 7) is 1.26. The molecule has 10 heteroatoms. The van der Waals surface area contributed by atoms with Gasteiger partial charge in [-0.3, -0.25) is 4.79 Å². The van der Waals surface area contributed by atoms with Crippen molar-refractivity contribution in [2.75, 3.05) is 11.9 Å². The van der Waals surface area contributed by atoms with E-state index >= 15 is 0 Å². The van der Waals surface area contributed by atoms with E-state index in [-0.39, 0.29) is 21.9 Å². The Morgan fingerprint density at radius 1 is 1.40 bits per heavy atom. The van der Waals surface area contributed by atoms with Crippen molar-refractivity contribution in [2.45, 2.75) is 42.5 Å². The number of hydrogen-bond donors (Lipinski definition) is 3. The smallest absolute Gasteiger partial charge is 0.269 e. The molecule has 8 nitrogen and oxygen atoms in total. The van der Waals surface area contributed by atoms with Crippen molar-refractivity contribution in [3.63, 3.8) is 0 Å². The molecular formula is C10H16N4O4S2. The summed E-state index contributed by atoms with van der Waals surface area (Å²) in [5.41, 5.74) is -0.974. The van der Waals surface area contributed by atoms with Crippen LogP contribution in [0.15, 0.2) is 4.34 Å². The van der Waals surface area contributed by atoms with Gasteiger partial charge in [0.25, 0.3) is 10.0 Å². The van der Waals surface area contributed by atoms with Crippen LogP contribution in [0.2, 0.25) is 0 Å². The van der Waals surface area contributed by atoms with Crippen molar-refractivity contribution >= 4 is 32.4 Å². The zero-order valence-electron chi connectivity index (χ0n) is 10.9. The summed E-state index contributed by atoms with van der Waals surface area (Å²) in [6, 6.07) is 0. The molecule has 0 unspecified atom stereocenters. The number of carbonyl (C=O) groups is 1. The molecule has 1 aromatic heterocycles. The molecule has 0 atom stereocenters. The van der Waals surface area contributed by atoms with Crippen LogP contribution in [0.4, 0.5) is 5.13 Å². The van der Waals surface area contributed by atoms with Crippen LogP contribution in [0.3, 0.4) is 0 Å². The van der Waals surface area contributed by atoms with Gasteiger partial charge in [-0.05, 0) is 12.8 Å². The number of nitrogens with one attached hydrogen (secondary N) is 2. The first-order valence-electron chi connectivity index (χ1n) is 6.14. The van der Waals surface area contributed by atoms with Crippen LogP contribution in [0, 0.1) is 0 Å². The third-order valence-electron chi connectivity index (χ3n) is 3.04. The van der Waals surface area contributed by atoms with E-state index in [0.29, 0.717) is 12.8 Å². The molecule has 1 heterocycles. The molecule has 0 bridgehead atoms. The van der Waals surface area contributed by atoms with E-state index in [2.05, 4.69) is 20.2 Å². The first-order chi connectivity index (χ1) is 9.31. The van der Waals surface area contributed by atoms with Crippen LogP contribution >= 0.6 is 11.3 Å². The van der Waals surface area contributed by atoms with Crippen LogP contribution in [-0.4, -0.2) is 41.8 Å². The van der Waals surface area contributed by atoms with Crippen LogP contribution in [0.25, 0.3) is 0 Å². The summed E-state index contributed by atoms with van der Waals surface area (Å²) in [4.78, 5) is 10.8. The zero-order chi connectivity index (χ0) is 14.8. The lowest BCUT2D eigenvalue weighted by atomic mass is 10.0. The minimum Gasteiger partial charge on any atom is -0.389 e. The molecule has 0 radical (unpaired) electrons. The monoisotopic (exact) mass is 320 g/mol. The highest BCUT2D eigenvalue weighted by Gasteiger charge is 2.33. The number of nitrogens with zero attached hydrogens (tertiary/aromatic N) is 2. The Morgan fingerprint density at radius 3 is 2.65 bits per heavy atom. The Labute approximate surface area is 120 Å². The third kappa shape index (κ3) is 3.72. The van der Waals surface area contributed by atoms with E-state index in [1.54, 1.807) is 0 Å². The van der Waals surface area contributed by atoms with Gasteiger partial charge in [-0.1, -0.05) is 24.2 Å². The maximum atomic E-state index is 12.0. The predicted molar refractivity (Wildman–Crippen MR) is 72.8 cm³/mol. The lowest BCUT2D eigenvalue weighted by Crippen LogP contribution is -2.40. The minimum atomic E-state index is -3.82. The van der Waals surface area contributed by atoms with Crippen molar-refractivity contribution in [3.8, 4) is 0 Å². The lowest BCUT2D eigenvalue weighted by molar-refractivity contribution is -0.114. The molecule has 3 N–H and O–H groups in total. The number of anilines is 1. The fourth-order valence-electron chi connectivity index (χ4n) is 2.02. The quantitative estimate of drug-likeness (QED) is 0.661. The first-order valence-corrected chi connectivity index (χ1v) is 8.44. The summed E-state index contributed by atoms with van der Waals surface area (Å²) in [5.74, 6) is -0.349.